The molecule has 57 heavy (non-hydrogen) atoms. The minimum absolute atomic E-state index is 0.0669. The van der Waals surface area contributed by atoms with Crippen molar-refractivity contribution in [2.45, 2.75) is 60.8 Å². The number of rotatable bonds is 11. The van der Waals surface area contributed by atoms with Crippen LogP contribution in [0.3, 0.4) is 0 Å². The molecular weight excluding hydrogens is 781 g/mol. The molecule has 290 valence electrons. The third-order valence-corrected chi connectivity index (χ3v) is 13.8. The summed E-state index contributed by atoms with van der Waals surface area (Å²) in [6, 6.07) is 24.9. The lowest BCUT2D eigenvalue weighted by molar-refractivity contribution is -0.430. The Morgan fingerprint density at radius 3 is 2.12 bits per heavy atom. The molecule has 0 saturated heterocycles. The van der Waals surface area contributed by atoms with Crippen molar-refractivity contribution >= 4 is 87.9 Å². The SMILES string of the molecule is CCn1/c(=C/C=C2\CCCC(/C=C/C3=[N+](CC)c4ccc(S(=O)(=O)O)c5cccc3c45)=C2Sc2ccc(CC(=O)O)cc2)c2cccc3c(S(=O)(=O)O)ccc1c32. The smallest absolute Gasteiger partial charge is 0.307 e. The zero-order chi connectivity index (χ0) is 40.2. The van der Waals surface area contributed by atoms with Crippen LogP contribution >= 0.6 is 11.8 Å². The van der Waals surface area contributed by atoms with Crippen LogP contribution in [-0.4, -0.2) is 58.4 Å². The Bertz CT molecular complexity index is 3080. The molecule has 0 radical (unpaired) electrons. The standard InChI is InChI=1S/C44H38N2O8S3/c1-3-45-35(31-10-6-12-33-39(56(49,50)51)24-22-37(45)42(31)33)20-16-28-8-5-9-29(44(28)55-30-18-14-27(15-19-30)26-41(47)48)17-21-36-32-11-7-13-34-40(57(52,53)54)25-23-38(43(32)34)46(36)4-2/h6-7,10-25H,3-5,8-9,26H2,1-2H3,(H2-,47,48,49,50,51,52,53,54)/p+1. The summed E-state index contributed by atoms with van der Waals surface area (Å²) in [6.45, 7) is 5.34. The highest BCUT2D eigenvalue weighted by Gasteiger charge is 2.32. The third kappa shape index (κ3) is 7.04. The second kappa shape index (κ2) is 14.9. The van der Waals surface area contributed by atoms with Crippen molar-refractivity contribution in [1.82, 2.24) is 4.57 Å². The normalized spacial score (nSPS) is 16.1. The van der Waals surface area contributed by atoms with E-state index in [1.807, 2.05) is 50.2 Å². The molecule has 5 aromatic carbocycles. The molecule has 0 amide bonds. The number of carboxylic acid groups (broad SMARTS) is 1. The topological polar surface area (TPSA) is 154 Å². The average Bonchev–Trinajstić information content (AvgIpc) is 3.66. The van der Waals surface area contributed by atoms with E-state index in [9.17, 15) is 35.8 Å². The Labute approximate surface area is 334 Å². The van der Waals surface area contributed by atoms with Gasteiger partial charge in [0, 0.05) is 60.9 Å². The van der Waals surface area contributed by atoms with Gasteiger partial charge in [-0.25, -0.2) is 0 Å². The largest absolute Gasteiger partial charge is 0.481 e. The molecular formula is C44H39N2O8S3+. The van der Waals surface area contributed by atoms with Gasteiger partial charge in [-0.1, -0.05) is 66.4 Å². The highest BCUT2D eigenvalue weighted by Crippen LogP contribution is 2.43. The van der Waals surface area contributed by atoms with Crippen molar-refractivity contribution in [3.8, 4) is 0 Å². The van der Waals surface area contributed by atoms with E-state index in [0.717, 1.165) is 84.2 Å². The summed E-state index contributed by atoms with van der Waals surface area (Å²) in [5.41, 5.74) is 6.45. The lowest BCUT2D eigenvalue weighted by atomic mass is 9.93. The molecule has 1 aliphatic carbocycles. The number of aryl methyl sites for hydroxylation is 1. The van der Waals surface area contributed by atoms with Crippen LogP contribution in [0.25, 0.3) is 38.5 Å². The fourth-order valence-electron chi connectivity index (χ4n) is 8.32. The second-order valence-electron chi connectivity index (χ2n) is 14.0. The van der Waals surface area contributed by atoms with Crippen LogP contribution in [0.2, 0.25) is 0 Å². The zero-order valence-corrected chi connectivity index (χ0v) is 33.6. The maximum atomic E-state index is 12.3. The highest BCUT2D eigenvalue weighted by molar-refractivity contribution is 8.03. The number of aliphatic carboxylic acids is 1. The minimum Gasteiger partial charge on any atom is -0.481 e. The number of carboxylic acids is 1. The highest BCUT2D eigenvalue weighted by atomic mass is 32.2. The third-order valence-electron chi connectivity index (χ3n) is 10.7. The number of allylic oxidation sites excluding steroid dienone is 5. The van der Waals surface area contributed by atoms with E-state index in [2.05, 4.69) is 33.4 Å². The minimum atomic E-state index is -4.44. The van der Waals surface area contributed by atoms with Crippen molar-refractivity contribution < 1.29 is 40.4 Å². The first-order valence-corrected chi connectivity index (χ1v) is 22.3. The van der Waals surface area contributed by atoms with Gasteiger partial charge in [-0.3, -0.25) is 13.9 Å². The van der Waals surface area contributed by atoms with Crippen molar-refractivity contribution in [2.24, 2.45) is 0 Å². The second-order valence-corrected chi connectivity index (χ2v) is 17.9. The maximum Gasteiger partial charge on any atom is 0.307 e. The van der Waals surface area contributed by atoms with Crippen molar-refractivity contribution in [3.63, 3.8) is 0 Å². The molecule has 0 saturated carbocycles. The molecule has 6 aromatic rings. The number of benzene rings is 5. The van der Waals surface area contributed by atoms with E-state index >= 15 is 0 Å². The van der Waals surface area contributed by atoms with Gasteiger partial charge in [-0.15, -0.1) is 0 Å². The van der Waals surface area contributed by atoms with Gasteiger partial charge in [-0.05, 0) is 92.3 Å². The number of nitrogens with zero attached hydrogens (tertiary/aromatic N) is 2. The number of hydrogen-bond donors (Lipinski definition) is 3. The zero-order valence-electron chi connectivity index (χ0n) is 31.1. The molecule has 13 heteroatoms. The predicted octanol–water partition coefficient (Wildman–Crippen LogP) is 8.47. The summed E-state index contributed by atoms with van der Waals surface area (Å²) >= 11 is 1.62. The average molecular weight is 820 g/mol. The fraction of sp³-hybridized carbons (Fsp3) is 0.182. The quantitative estimate of drug-likeness (QED) is 0.0863. The van der Waals surface area contributed by atoms with Crippen molar-refractivity contribution in [1.29, 1.82) is 0 Å². The van der Waals surface area contributed by atoms with Crippen LogP contribution in [0.4, 0.5) is 5.69 Å². The first-order valence-electron chi connectivity index (χ1n) is 18.6. The molecule has 0 bridgehead atoms. The van der Waals surface area contributed by atoms with Gasteiger partial charge in [0.25, 0.3) is 20.2 Å². The van der Waals surface area contributed by atoms with Gasteiger partial charge in [0.05, 0.1) is 17.4 Å². The summed E-state index contributed by atoms with van der Waals surface area (Å²) in [5.74, 6) is -0.895. The molecule has 0 unspecified atom stereocenters. The van der Waals surface area contributed by atoms with Crippen LogP contribution in [0, 0.1) is 0 Å². The first-order chi connectivity index (χ1) is 27.3. The molecule has 0 spiro atoms. The molecule has 2 heterocycles. The number of hydrogen-bond acceptors (Lipinski definition) is 6. The van der Waals surface area contributed by atoms with Crippen LogP contribution in [0.1, 0.15) is 44.2 Å². The monoisotopic (exact) mass is 819 g/mol. The lowest BCUT2D eigenvalue weighted by Gasteiger charge is -2.21. The van der Waals surface area contributed by atoms with Gasteiger partial charge in [-0.2, -0.15) is 21.4 Å². The summed E-state index contributed by atoms with van der Waals surface area (Å²) in [5, 5.41) is 13.6. The molecule has 8 rings (SSSR count). The lowest BCUT2D eigenvalue weighted by Crippen LogP contribution is -2.15. The summed E-state index contributed by atoms with van der Waals surface area (Å²) in [4.78, 5) is 13.1. The first kappa shape index (κ1) is 38.6. The number of carbonyl (C=O) groups is 1. The van der Waals surface area contributed by atoms with E-state index < -0.39 is 26.2 Å². The Kier molecular flexibility index (Phi) is 10.1. The molecule has 0 fully saturated rings. The Hall–Kier alpha value is -5.31. The predicted molar refractivity (Wildman–Crippen MR) is 225 cm³/mol. The fourth-order valence-corrected chi connectivity index (χ4v) is 10.8. The van der Waals surface area contributed by atoms with E-state index in [-0.39, 0.29) is 16.2 Å². The van der Waals surface area contributed by atoms with Gasteiger partial charge in [0.2, 0.25) is 11.4 Å². The van der Waals surface area contributed by atoms with Crippen LogP contribution in [0.5, 0.6) is 0 Å². The van der Waals surface area contributed by atoms with Crippen molar-refractivity contribution in [2.75, 3.05) is 6.54 Å². The van der Waals surface area contributed by atoms with E-state index in [1.165, 1.54) is 12.1 Å². The van der Waals surface area contributed by atoms with Gasteiger partial charge in [0.1, 0.15) is 16.3 Å². The molecule has 2 aliphatic rings. The molecule has 10 nitrogen and oxygen atoms in total. The molecule has 1 aliphatic heterocycles. The Morgan fingerprint density at radius 1 is 0.789 bits per heavy atom. The molecule has 0 atom stereocenters. The van der Waals surface area contributed by atoms with Crippen LogP contribution < -0.4 is 5.35 Å². The molecule has 3 N–H and O–H groups in total. The van der Waals surface area contributed by atoms with E-state index in [4.69, 9.17) is 0 Å². The van der Waals surface area contributed by atoms with Crippen molar-refractivity contribution in [3.05, 3.63) is 136 Å². The maximum absolute atomic E-state index is 12.3. The van der Waals surface area contributed by atoms with E-state index in [0.29, 0.717) is 29.4 Å². The Balaban J connectivity index is 1.28. The van der Waals surface area contributed by atoms with E-state index in [1.54, 1.807) is 48.2 Å². The van der Waals surface area contributed by atoms with Crippen LogP contribution in [-0.2, 0) is 38.0 Å². The van der Waals surface area contributed by atoms with Crippen LogP contribution in [0.15, 0.2) is 134 Å². The number of aromatic nitrogens is 1. The van der Waals surface area contributed by atoms with Gasteiger partial charge < -0.3 is 9.67 Å². The summed E-state index contributed by atoms with van der Waals surface area (Å²) in [6.07, 6.45) is 10.9. The summed E-state index contributed by atoms with van der Waals surface area (Å²) in [7, 11) is -8.89. The molecule has 1 aromatic heterocycles. The number of thioether (sulfide) groups is 1. The summed E-state index contributed by atoms with van der Waals surface area (Å²) < 4.78 is 73.5. The Morgan fingerprint density at radius 2 is 1.46 bits per heavy atom. The van der Waals surface area contributed by atoms with Gasteiger partial charge >= 0.3 is 5.97 Å². The van der Waals surface area contributed by atoms with Gasteiger partial charge in [0.15, 0.2) is 0 Å².